The van der Waals surface area contributed by atoms with Crippen molar-refractivity contribution in [2.75, 3.05) is 36.8 Å². The summed E-state index contributed by atoms with van der Waals surface area (Å²) in [4.78, 5) is 22.6. The maximum absolute atomic E-state index is 11.4. The smallest absolute Gasteiger partial charge is 0.320 e. The first kappa shape index (κ1) is 24.8. The number of nitrogens with two attached hydrogens (primary N) is 1. The molecule has 164 valence electrons. The highest BCUT2D eigenvalue weighted by Gasteiger charge is 2.30. The van der Waals surface area contributed by atoms with Gasteiger partial charge in [0, 0.05) is 30.3 Å². The lowest BCUT2D eigenvalue weighted by Crippen LogP contribution is -2.42. The van der Waals surface area contributed by atoms with E-state index in [1.54, 1.807) is 11.3 Å². The first-order valence-corrected chi connectivity index (χ1v) is 11.3. The Hall–Kier alpha value is -1.45. The monoisotopic (exact) mass is 488 g/mol. The van der Waals surface area contributed by atoms with Gasteiger partial charge in [0.25, 0.3) is 0 Å². The molecule has 3 N–H and O–H groups in total. The van der Waals surface area contributed by atoms with Crippen molar-refractivity contribution in [2.45, 2.75) is 23.8 Å². The highest BCUT2D eigenvalue weighted by atomic mass is 35.5. The molecule has 6 nitrogen and oxygen atoms in total. The zero-order chi connectivity index (χ0) is 19.5. The van der Waals surface area contributed by atoms with E-state index in [0.717, 1.165) is 55.3 Å². The molecule has 10 heteroatoms. The summed E-state index contributed by atoms with van der Waals surface area (Å²) in [6.07, 6.45) is 1.73. The molecule has 1 aromatic carbocycles. The van der Waals surface area contributed by atoms with Crippen LogP contribution in [-0.2, 0) is 4.79 Å². The van der Waals surface area contributed by atoms with Crippen LogP contribution in [0.15, 0.2) is 45.6 Å². The van der Waals surface area contributed by atoms with Crippen LogP contribution < -0.4 is 10.6 Å². The van der Waals surface area contributed by atoms with Gasteiger partial charge < -0.3 is 15.7 Å². The number of aliphatic imine (C=N–C) groups is 1. The van der Waals surface area contributed by atoms with Crippen LogP contribution in [0.4, 0.5) is 11.4 Å². The minimum absolute atomic E-state index is 0. The lowest BCUT2D eigenvalue weighted by Gasteiger charge is -2.33. The van der Waals surface area contributed by atoms with Crippen molar-refractivity contribution >= 4 is 71.1 Å². The van der Waals surface area contributed by atoms with E-state index < -0.39 is 5.97 Å². The standard InChI is InChI=1S/C20H24N4O2S2.2ClH/c21-19(17-4-2-11-27-17)22-14-5-6-15-18(13-14)28-12-10-24(15)9-8-23-7-1-3-16(23)20(25)26;;/h2,4-6,11,13,16H,1,3,7-10,12H2,(H2,21,22)(H,25,26);2*1H/t16-;;/m0../s1. The number of benzene rings is 1. The number of anilines is 1. The van der Waals surface area contributed by atoms with Crippen molar-refractivity contribution < 1.29 is 9.90 Å². The van der Waals surface area contributed by atoms with Crippen LogP contribution >= 0.6 is 47.9 Å². The van der Waals surface area contributed by atoms with E-state index in [0.29, 0.717) is 5.84 Å². The number of likely N-dealkylation sites (tertiary alicyclic amines) is 1. The van der Waals surface area contributed by atoms with E-state index in [2.05, 4.69) is 26.9 Å². The number of carboxylic acids is 1. The number of aliphatic carboxylic acids is 1. The zero-order valence-electron chi connectivity index (χ0n) is 16.4. The quantitative estimate of drug-likeness (QED) is 0.470. The van der Waals surface area contributed by atoms with Crippen molar-refractivity contribution in [3.05, 3.63) is 40.6 Å². The Labute approximate surface area is 197 Å². The lowest BCUT2D eigenvalue weighted by atomic mass is 10.2. The van der Waals surface area contributed by atoms with Crippen LogP contribution in [0.3, 0.4) is 0 Å². The number of amidine groups is 1. The number of thiophene rings is 1. The summed E-state index contributed by atoms with van der Waals surface area (Å²) in [6.45, 7) is 3.48. The average Bonchev–Trinajstić information content (AvgIpc) is 3.38. The highest BCUT2D eigenvalue weighted by Crippen LogP contribution is 2.37. The van der Waals surface area contributed by atoms with Gasteiger partial charge in [0.15, 0.2) is 0 Å². The molecule has 1 aromatic heterocycles. The topological polar surface area (TPSA) is 82.2 Å². The molecular formula is C20H26Cl2N4O2S2. The van der Waals surface area contributed by atoms with Gasteiger partial charge in [-0.1, -0.05) is 6.07 Å². The molecule has 0 amide bonds. The van der Waals surface area contributed by atoms with Gasteiger partial charge in [-0.15, -0.1) is 47.9 Å². The molecule has 1 saturated heterocycles. The van der Waals surface area contributed by atoms with Gasteiger partial charge in [-0.3, -0.25) is 9.69 Å². The summed E-state index contributed by atoms with van der Waals surface area (Å²) in [5, 5.41) is 11.4. The SMILES string of the molecule is Cl.Cl.NC(=Nc1ccc2c(c1)SCCN2CCN1CCC[C@H]1C(=O)O)c1cccs1. The normalized spacial score (nSPS) is 19.0. The number of hydrogen-bond donors (Lipinski definition) is 2. The number of carboxylic acid groups (broad SMARTS) is 1. The number of hydrogen-bond acceptors (Lipinski definition) is 6. The van der Waals surface area contributed by atoms with E-state index in [1.807, 2.05) is 35.3 Å². The molecule has 1 fully saturated rings. The van der Waals surface area contributed by atoms with Crippen LogP contribution in [0.5, 0.6) is 0 Å². The van der Waals surface area contributed by atoms with Crippen molar-refractivity contribution in [3.8, 4) is 0 Å². The Kier molecular flexibility index (Phi) is 9.31. The summed E-state index contributed by atoms with van der Waals surface area (Å²) in [7, 11) is 0. The maximum Gasteiger partial charge on any atom is 0.320 e. The van der Waals surface area contributed by atoms with Gasteiger partial charge in [0.05, 0.1) is 16.3 Å². The van der Waals surface area contributed by atoms with Crippen molar-refractivity contribution in [3.63, 3.8) is 0 Å². The molecule has 0 saturated carbocycles. The number of nitrogens with zero attached hydrogens (tertiary/aromatic N) is 3. The summed E-state index contributed by atoms with van der Waals surface area (Å²) in [5.74, 6) is 0.863. The molecule has 0 unspecified atom stereocenters. The molecule has 2 aliphatic rings. The maximum atomic E-state index is 11.4. The van der Waals surface area contributed by atoms with Gasteiger partial charge in [0.1, 0.15) is 11.9 Å². The molecular weight excluding hydrogens is 463 g/mol. The second-order valence-electron chi connectivity index (χ2n) is 6.99. The zero-order valence-corrected chi connectivity index (χ0v) is 19.7. The third kappa shape index (κ3) is 5.62. The Morgan fingerprint density at radius 1 is 1.23 bits per heavy atom. The Bertz CT molecular complexity index is 880. The third-order valence-electron chi connectivity index (χ3n) is 5.23. The Balaban J connectivity index is 0.00000160. The molecule has 2 aliphatic heterocycles. The lowest BCUT2D eigenvalue weighted by molar-refractivity contribution is -0.142. The second kappa shape index (κ2) is 11.2. The van der Waals surface area contributed by atoms with E-state index in [-0.39, 0.29) is 30.9 Å². The van der Waals surface area contributed by atoms with E-state index in [4.69, 9.17) is 5.73 Å². The van der Waals surface area contributed by atoms with Crippen molar-refractivity contribution in [1.29, 1.82) is 0 Å². The van der Waals surface area contributed by atoms with Gasteiger partial charge in [-0.2, -0.15) is 0 Å². The predicted molar refractivity (Wildman–Crippen MR) is 131 cm³/mol. The number of halogens is 2. The van der Waals surface area contributed by atoms with E-state index in [9.17, 15) is 9.90 Å². The molecule has 0 aliphatic carbocycles. The first-order valence-electron chi connectivity index (χ1n) is 9.48. The van der Waals surface area contributed by atoms with Gasteiger partial charge >= 0.3 is 5.97 Å². The number of thioether (sulfide) groups is 1. The molecule has 30 heavy (non-hydrogen) atoms. The number of fused-ring (bicyclic) bond motifs is 1. The molecule has 0 spiro atoms. The molecule has 0 radical (unpaired) electrons. The summed E-state index contributed by atoms with van der Waals surface area (Å²) in [5.41, 5.74) is 8.19. The fourth-order valence-corrected chi connectivity index (χ4v) is 5.52. The largest absolute Gasteiger partial charge is 0.480 e. The fourth-order valence-electron chi connectivity index (χ4n) is 3.81. The number of carbonyl (C=O) groups is 1. The third-order valence-corrected chi connectivity index (χ3v) is 7.15. The molecule has 3 heterocycles. The minimum atomic E-state index is -0.696. The molecule has 4 rings (SSSR count). The summed E-state index contributed by atoms with van der Waals surface area (Å²) in [6, 6.07) is 9.84. The minimum Gasteiger partial charge on any atom is -0.480 e. The Morgan fingerprint density at radius 2 is 2.07 bits per heavy atom. The molecule has 1 atom stereocenters. The first-order chi connectivity index (χ1) is 13.6. The summed E-state index contributed by atoms with van der Waals surface area (Å²) >= 11 is 3.42. The summed E-state index contributed by atoms with van der Waals surface area (Å²) < 4.78 is 0. The number of rotatable bonds is 6. The van der Waals surface area contributed by atoms with Crippen LogP contribution in [0.1, 0.15) is 17.7 Å². The van der Waals surface area contributed by atoms with Crippen LogP contribution in [0.2, 0.25) is 0 Å². The highest BCUT2D eigenvalue weighted by molar-refractivity contribution is 7.99. The van der Waals surface area contributed by atoms with Crippen LogP contribution in [0, 0.1) is 0 Å². The van der Waals surface area contributed by atoms with E-state index in [1.165, 1.54) is 10.6 Å². The fraction of sp³-hybridized carbons (Fsp3) is 0.400. The van der Waals surface area contributed by atoms with Crippen molar-refractivity contribution in [1.82, 2.24) is 4.90 Å². The molecule has 0 bridgehead atoms. The van der Waals surface area contributed by atoms with Crippen LogP contribution in [-0.4, -0.2) is 59.8 Å². The van der Waals surface area contributed by atoms with Gasteiger partial charge in [-0.05, 0) is 49.0 Å². The van der Waals surface area contributed by atoms with Gasteiger partial charge in [0.2, 0.25) is 0 Å². The van der Waals surface area contributed by atoms with Crippen LogP contribution in [0.25, 0.3) is 0 Å². The van der Waals surface area contributed by atoms with E-state index >= 15 is 0 Å². The average molecular weight is 489 g/mol. The van der Waals surface area contributed by atoms with Gasteiger partial charge in [-0.25, -0.2) is 4.99 Å². The Morgan fingerprint density at radius 3 is 2.80 bits per heavy atom. The van der Waals surface area contributed by atoms with Crippen molar-refractivity contribution in [2.24, 2.45) is 10.7 Å². The predicted octanol–water partition coefficient (Wildman–Crippen LogP) is 4.09. The second-order valence-corrected chi connectivity index (χ2v) is 9.08. The molecule has 2 aromatic rings.